The summed E-state index contributed by atoms with van der Waals surface area (Å²) in [7, 11) is 1.65. The van der Waals surface area contributed by atoms with Crippen molar-refractivity contribution in [1.29, 1.82) is 0 Å². The van der Waals surface area contributed by atoms with Gasteiger partial charge in [-0.2, -0.15) is 4.98 Å². The maximum absolute atomic E-state index is 13.9. The van der Waals surface area contributed by atoms with E-state index in [4.69, 9.17) is 19.6 Å². The van der Waals surface area contributed by atoms with E-state index in [0.29, 0.717) is 59.7 Å². The number of aryl methyl sites for hydroxylation is 1. The fraction of sp³-hybridized carbons (Fsp3) is 0.500. The summed E-state index contributed by atoms with van der Waals surface area (Å²) in [4.78, 5) is 7.16. The SMILES string of the molecule is COC1=CC(N2CC3[C@H](Nc4nc5n(n4)CCCO[C@@H]5c4cc(F)cc(F)c4)C4CC34C2)=CNN1. The van der Waals surface area contributed by atoms with Gasteiger partial charge in [0.1, 0.15) is 17.7 Å². The highest BCUT2D eigenvalue weighted by Gasteiger charge is 2.76. The van der Waals surface area contributed by atoms with Crippen LogP contribution < -0.4 is 16.2 Å². The Morgan fingerprint density at radius 2 is 2.09 bits per heavy atom. The van der Waals surface area contributed by atoms with Crippen LogP contribution in [0.1, 0.15) is 30.3 Å². The maximum Gasteiger partial charge on any atom is 0.242 e. The molecule has 5 atom stereocenters. The van der Waals surface area contributed by atoms with Crippen molar-refractivity contribution in [1.82, 2.24) is 30.5 Å². The van der Waals surface area contributed by atoms with Crippen molar-refractivity contribution >= 4 is 5.95 Å². The van der Waals surface area contributed by atoms with Gasteiger partial charge in [-0.25, -0.2) is 13.5 Å². The standard InChI is InChI=1S/C24H27F2N7O2/c1-34-19-8-16(10-27-30-19)32-11-18-20(17-9-24(17,18)12-32)28-23-29-22-21(35-4-2-3-33(22)31-23)13-5-14(25)7-15(26)6-13/h5-8,10,17-18,20-21,27,30H,2-4,9,11-12H2,1H3,(H,28,31)/t17?,18?,20-,21-,24?/m1/s1. The first-order valence-electron chi connectivity index (χ1n) is 12.1. The fourth-order valence-corrected chi connectivity index (χ4v) is 6.50. The molecular weight excluding hydrogens is 456 g/mol. The Kier molecular flexibility index (Phi) is 4.54. The number of nitrogens with one attached hydrogen (secondary N) is 3. The number of methoxy groups -OCH3 is 1. The summed E-state index contributed by atoms with van der Waals surface area (Å²) in [5.41, 5.74) is 7.92. The number of aromatic nitrogens is 3. The molecule has 5 aliphatic rings. The zero-order chi connectivity index (χ0) is 23.7. The number of hydrazine groups is 1. The molecule has 0 amide bonds. The highest BCUT2D eigenvalue weighted by molar-refractivity contribution is 5.40. The maximum atomic E-state index is 13.9. The predicted octanol–water partition coefficient (Wildman–Crippen LogP) is 2.24. The summed E-state index contributed by atoms with van der Waals surface area (Å²) in [6.07, 6.45) is 5.28. The van der Waals surface area contributed by atoms with Gasteiger partial charge in [0.2, 0.25) is 11.8 Å². The number of nitrogens with zero attached hydrogens (tertiary/aromatic N) is 4. The molecule has 4 heterocycles. The third kappa shape index (κ3) is 3.28. The van der Waals surface area contributed by atoms with Crippen molar-refractivity contribution in [3.8, 4) is 0 Å². The average molecular weight is 484 g/mol. The van der Waals surface area contributed by atoms with E-state index in [0.717, 1.165) is 31.3 Å². The summed E-state index contributed by atoms with van der Waals surface area (Å²) in [6, 6.07) is 3.77. The monoisotopic (exact) mass is 483 g/mol. The first-order valence-corrected chi connectivity index (χ1v) is 12.1. The van der Waals surface area contributed by atoms with Crippen LogP contribution in [-0.4, -0.2) is 52.5 Å². The van der Waals surface area contributed by atoms with Gasteiger partial charge in [-0.1, -0.05) is 0 Å². The van der Waals surface area contributed by atoms with E-state index in [1.165, 1.54) is 18.6 Å². The molecule has 1 spiro atoms. The predicted molar refractivity (Wildman–Crippen MR) is 121 cm³/mol. The molecule has 0 bridgehead atoms. The van der Waals surface area contributed by atoms with Crippen LogP contribution in [0.3, 0.4) is 0 Å². The van der Waals surface area contributed by atoms with Gasteiger partial charge < -0.3 is 25.1 Å². The molecule has 2 saturated carbocycles. The molecule has 3 unspecified atom stereocenters. The summed E-state index contributed by atoms with van der Waals surface area (Å²) < 4.78 is 40.9. The summed E-state index contributed by atoms with van der Waals surface area (Å²) in [5.74, 6) is 1.68. The second-order valence-corrected chi connectivity index (χ2v) is 10.1. The highest BCUT2D eigenvalue weighted by atomic mass is 19.1. The molecule has 3 aliphatic heterocycles. The van der Waals surface area contributed by atoms with Gasteiger partial charge in [-0.3, -0.25) is 5.43 Å². The van der Waals surface area contributed by atoms with E-state index in [1.807, 2.05) is 17.0 Å². The van der Waals surface area contributed by atoms with Crippen molar-refractivity contribution in [2.75, 3.05) is 32.1 Å². The van der Waals surface area contributed by atoms with Crippen LogP contribution in [0.2, 0.25) is 0 Å². The Balaban J connectivity index is 1.10. The molecular formula is C24H27F2N7O2. The zero-order valence-electron chi connectivity index (χ0n) is 19.3. The summed E-state index contributed by atoms with van der Waals surface area (Å²) >= 11 is 0. The van der Waals surface area contributed by atoms with E-state index in [-0.39, 0.29) is 0 Å². The number of anilines is 1. The van der Waals surface area contributed by atoms with E-state index < -0.39 is 17.7 Å². The lowest BCUT2D eigenvalue weighted by Crippen LogP contribution is -2.47. The smallest absolute Gasteiger partial charge is 0.242 e. The lowest BCUT2D eigenvalue weighted by molar-refractivity contribution is 0.0808. The van der Waals surface area contributed by atoms with E-state index >= 15 is 0 Å². The van der Waals surface area contributed by atoms with Gasteiger partial charge in [0, 0.05) is 56.5 Å². The van der Waals surface area contributed by atoms with Gasteiger partial charge in [-0.15, -0.1) is 5.10 Å². The molecule has 184 valence electrons. The van der Waals surface area contributed by atoms with Crippen LogP contribution in [0.15, 0.2) is 42.1 Å². The number of allylic oxidation sites excluding steroid dienone is 1. The molecule has 1 saturated heterocycles. The van der Waals surface area contributed by atoms with Gasteiger partial charge >= 0.3 is 0 Å². The first kappa shape index (κ1) is 21.0. The largest absolute Gasteiger partial charge is 0.481 e. The molecule has 35 heavy (non-hydrogen) atoms. The molecule has 3 fully saturated rings. The quantitative estimate of drug-likeness (QED) is 0.597. The van der Waals surface area contributed by atoms with Crippen LogP contribution in [0, 0.1) is 28.9 Å². The number of ether oxygens (including phenoxy) is 2. The number of halogens is 2. The van der Waals surface area contributed by atoms with Crippen LogP contribution in [0.25, 0.3) is 0 Å². The second-order valence-electron chi connectivity index (χ2n) is 10.1. The lowest BCUT2D eigenvalue weighted by Gasteiger charge is -2.38. The molecule has 3 N–H and O–H groups in total. The minimum Gasteiger partial charge on any atom is -0.481 e. The Morgan fingerprint density at radius 1 is 1.23 bits per heavy atom. The molecule has 1 aromatic heterocycles. The topological polar surface area (TPSA) is 88.5 Å². The Hall–Kier alpha value is -3.34. The van der Waals surface area contributed by atoms with Gasteiger partial charge in [-0.05, 0) is 41.9 Å². The minimum absolute atomic E-state index is 0.304. The molecule has 7 rings (SSSR count). The number of benzene rings is 1. The zero-order valence-corrected chi connectivity index (χ0v) is 19.3. The molecule has 2 aromatic rings. The molecule has 2 aliphatic carbocycles. The number of fused-ring (bicyclic) bond motifs is 1. The van der Waals surface area contributed by atoms with Crippen LogP contribution in [0.4, 0.5) is 14.7 Å². The number of likely N-dealkylation sites (tertiary alicyclic amines) is 1. The Labute approximate surface area is 201 Å². The van der Waals surface area contributed by atoms with Gasteiger partial charge in [0.05, 0.1) is 12.8 Å². The highest BCUT2D eigenvalue weighted by Crippen LogP contribution is 2.74. The normalized spacial score (nSPS) is 32.5. The van der Waals surface area contributed by atoms with E-state index in [2.05, 4.69) is 21.1 Å². The summed E-state index contributed by atoms with van der Waals surface area (Å²) in [5, 5.41) is 8.30. The molecule has 1 aromatic carbocycles. The van der Waals surface area contributed by atoms with Gasteiger partial charge in [0.25, 0.3) is 0 Å². The van der Waals surface area contributed by atoms with Crippen molar-refractivity contribution in [2.24, 2.45) is 17.3 Å². The van der Waals surface area contributed by atoms with Crippen molar-refractivity contribution in [3.63, 3.8) is 0 Å². The fourth-order valence-electron chi connectivity index (χ4n) is 6.50. The van der Waals surface area contributed by atoms with Crippen molar-refractivity contribution in [3.05, 3.63) is 65.1 Å². The Bertz CT molecular complexity index is 1230. The first-order chi connectivity index (χ1) is 17.0. The molecule has 9 nitrogen and oxygen atoms in total. The van der Waals surface area contributed by atoms with Gasteiger partial charge in [0.15, 0.2) is 5.82 Å². The number of rotatable bonds is 5. The number of hydrogen-bond donors (Lipinski definition) is 3. The second kappa shape index (κ2) is 7.58. The number of hydrogen-bond acceptors (Lipinski definition) is 8. The minimum atomic E-state index is -0.657. The summed E-state index contributed by atoms with van der Waals surface area (Å²) in [6.45, 7) is 3.12. The van der Waals surface area contributed by atoms with Crippen molar-refractivity contribution < 1.29 is 18.3 Å². The van der Waals surface area contributed by atoms with Crippen LogP contribution >= 0.6 is 0 Å². The van der Waals surface area contributed by atoms with Crippen molar-refractivity contribution in [2.45, 2.75) is 31.5 Å². The van der Waals surface area contributed by atoms with E-state index in [9.17, 15) is 8.78 Å². The third-order valence-electron chi connectivity index (χ3n) is 8.18. The molecule has 11 heteroatoms. The van der Waals surface area contributed by atoms with Crippen LogP contribution in [0.5, 0.6) is 0 Å². The average Bonchev–Trinajstić information content (AvgIpc) is 3.21. The lowest BCUT2D eigenvalue weighted by atomic mass is 9.71. The van der Waals surface area contributed by atoms with E-state index in [1.54, 1.807) is 7.11 Å². The Morgan fingerprint density at radius 3 is 2.91 bits per heavy atom. The van der Waals surface area contributed by atoms with Crippen LogP contribution in [-0.2, 0) is 16.0 Å². The molecule has 0 radical (unpaired) electrons. The third-order valence-corrected chi connectivity index (χ3v) is 8.18.